The fourth-order valence-corrected chi connectivity index (χ4v) is 11.9. The SMILES string of the molecule is C=CCN1CC[C@H](O[Si](C)(C)C(C)(C)C)[C@@H]2CCCC[C@@]21CS(=O)(=N[C@H](CO[Si](C)(C)C(C)(C)C)C(C)C)c1ccc(C)cc1. The maximum atomic E-state index is 15.9. The van der Waals surface area contributed by atoms with Gasteiger partial charge in [0.25, 0.3) is 0 Å². The maximum Gasteiger partial charge on any atom is 0.192 e. The molecule has 1 unspecified atom stereocenters. The van der Waals surface area contributed by atoms with E-state index in [-0.39, 0.29) is 33.7 Å². The zero-order valence-electron chi connectivity index (χ0n) is 31.3. The smallest absolute Gasteiger partial charge is 0.192 e. The molecule has 258 valence electrons. The van der Waals surface area contributed by atoms with Gasteiger partial charge >= 0.3 is 0 Å². The van der Waals surface area contributed by atoms with E-state index in [0.717, 1.165) is 43.7 Å². The van der Waals surface area contributed by atoms with Crippen LogP contribution < -0.4 is 0 Å². The van der Waals surface area contributed by atoms with Gasteiger partial charge in [0.15, 0.2) is 16.6 Å². The van der Waals surface area contributed by atoms with Crippen molar-refractivity contribution in [2.24, 2.45) is 16.2 Å². The van der Waals surface area contributed by atoms with Crippen molar-refractivity contribution in [3.05, 3.63) is 42.5 Å². The number of likely N-dealkylation sites (tertiary alicyclic amines) is 1. The Morgan fingerprint density at radius 3 is 2.16 bits per heavy atom. The summed E-state index contributed by atoms with van der Waals surface area (Å²) in [6, 6.07) is 8.20. The zero-order valence-corrected chi connectivity index (χ0v) is 34.1. The van der Waals surface area contributed by atoms with E-state index in [1.54, 1.807) is 0 Å². The van der Waals surface area contributed by atoms with Crippen LogP contribution in [0.25, 0.3) is 0 Å². The molecule has 1 aromatic rings. The van der Waals surface area contributed by atoms with Crippen LogP contribution in [0.1, 0.15) is 93.1 Å². The summed E-state index contributed by atoms with van der Waals surface area (Å²) in [5, 5.41) is 0.246. The van der Waals surface area contributed by atoms with Crippen molar-refractivity contribution in [2.45, 2.75) is 153 Å². The van der Waals surface area contributed by atoms with E-state index in [4.69, 9.17) is 13.2 Å². The molecule has 2 aliphatic rings. The fraction of sp³-hybridized carbons (Fsp3) is 0.784. The highest BCUT2D eigenvalue weighted by Crippen LogP contribution is 2.49. The Morgan fingerprint density at radius 2 is 1.62 bits per heavy atom. The third-order valence-corrected chi connectivity index (χ3v) is 23.3. The van der Waals surface area contributed by atoms with Crippen LogP contribution in [0.4, 0.5) is 0 Å². The molecule has 1 aliphatic heterocycles. The van der Waals surface area contributed by atoms with Crippen molar-refractivity contribution in [3.63, 3.8) is 0 Å². The van der Waals surface area contributed by atoms with E-state index in [2.05, 4.69) is 124 Å². The molecule has 1 saturated carbocycles. The Morgan fingerprint density at radius 1 is 1.02 bits per heavy atom. The lowest BCUT2D eigenvalue weighted by atomic mass is 9.67. The van der Waals surface area contributed by atoms with Gasteiger partial charge in [0.1, 0.15) is 0 Å². The highest BCUT2D eigenvalue weighted by atomic mass is 32.2. The Balaban J connectivity index is 2.18. The summed E-state index contributed by atoms with van der Waals surface area (Å²) in [6.45, 7) is 36.1. The molecular formula is C37H68N2O3SSi2. The molecule has 0 spiro atoms. The molecule has 0 N–H and O–H groups in total. The van der Waals surface area contributed by atoms with E-state index in [0.29, 0.717) is 18.3 Å². The number of nitrogens with zero attached hydrogens (tertiary/aromatic N) is 2. The number of hydrogen-bond donors (Lipinski definition) is 0. The van der Waals surface area contributed by atoms with Crippen LogP contribution in [0.3, 0.4) is 0 Å². The summed E-state index contributed by atoms with van der Waals surface area (Å²) in [4.78, 5) is 3.48. The molecule has 1 aromatic carbocycles. The van der Waals surface area contributed by atoms with Gasteiger partial charge in [0.2, 0.25) is 0 Å². The van der Waals surface area contributed by atoms with Gasteiger partial charge in [-0.2, -0.15) is 0 Å². The van der Waals surface area contributed by atoms with Gasteiger partial charge < -0.3 is 8.85 Å². The minimum atomic E-state index is -2.82. The van der Waals surface area contributed by atoms with Crippen LogP contribution in [0.2, 0.25) is 36.3 Å². The number of piperidine rings is 1. The van der Waals surface area contributed by atoms with E-state index < -0.39 is 26.4 Å². The van der Waals surface area contributed by atoms with Crippen molar-refractivity contribution in [1.29, 1.82) is 0 Å². The number of rotatable bonds is 12. The standard InChI is InChI=1S/C37H68N2O3SSi2/c1-15-25-39-26-23-34(42-45(13,14)36(8,9)10)32-18-16-17-24-37(32,39)28-43(40,31-21-19-30(4)20-22-31)38-33(29(2)3)27-41-44(11,12)35(5,6)7/h15,19-22,29,32-34H,1,16-18,23-28H2,2-14H3/t32-,33+,34-,37+,43?/m0/s1. The van der Waals surface area contributed by atoms with Gasteiger partial charge in [-0.15, -0.1) is 6.58 Å². The van der Waals surface area contributed by atoms with Gasteiger partial charge in [-0.3, -0.25) is 4.90 Å². The Bertz CT molecular complexity index is 1260. The summed E-state index contributed by atoms with van der Waals surface area (Å²) in [5.74, 6) is 1.06. The largest absolute Gasteiger partial charge is 0.415 e. The highest BCUT2D eigenvalue weighted by Gasteiger charge is 2.55. The van der Waals surface area contributed by atoms with Crippen LogP contribution in [0, 0.1) is 18.8 Å². The molecule has 0 amide bonds. The van der Waals surface area contributed by atoms with E-state index >= 15 is 4.21 Å². The molecule has 0 bridgehead atoms. The van der Waals surface area contributed by atoms with Crippen LogP contribution >= 0.6 is 0 Å². The number of fused-ring (bicyclic) bond motifs is 1. The number of benzene rings is 1. The van der Waals surface area contributed by atoms with Crippen molar-refractivity contribution in [2.75, 3.05) is 25.4 Å². The second-order valence-electron chi connectivity index (χ2n) is 17.5. The van der Waals surface area contributed by atoms with Crippen LogP contribution in [-0.2, 0) is 18.6 Å². The lowest BCUT2D eigenvalue weighted by Crippen LogP contribution is -2.67. The van der Waals surface area contributed by atoms with Crippen molar-refractivity contribution in [1.82, 2.24) is 4.90 Å². The summed E-state index contributed by atoms with van der Waals surface area (Å²) in [5.41, 5.74) is 0.912. The predicted octanol–water partition coefficient (Wildman–Crippen LogP) is 10.1. The Hall–Kier alpha value is -0.776. The van der Waals surface area contributed by atoms with Gasteiger partial charge in [-0.25, -0.2) is 8.57 Å². The summed E-state index contributed by atoms with van der Waals surface area (Å²) < 4.78 is 35.3. The van der Waals surface area contributed by atoms with Crippen LogP contribution in [0.5, 0.6) is 0 Å². The lowest BCUT2D eigenvalue weighted by molar-refractivity contribution is -0.0783. The van der Waals surface area contributed by atoms with E-state index in [9.17, 15) is 0 Å². The average Bonchev–Trinajstić information content (AvgIpc) is 2.91. The second-order valence-corrected chi connectivity index (χ2v) is 29.3. The molecule has 0 aromatic heterocycles. The lowest BCUT2D eigenvalue weighted by Gasteiger charge is -2.58. The molecule has 5 nitrogen and oxygen atoms in total. The minimum Gasteiger partial charge on any atom is -0.415 e. The van der Waals surface area contributed by atoms with Crippen LogP contribution in [0.15, 0.2) is 46.2 Å². The first-order valence-electron chi connectivity index (χ1n) is 17.6. The topological polar surface area (TPSA) is 51.1 Å². The maximum absolute atomic E-state index is 15.9. The first-order chi connectivity index (χ1) is 20.6. The van der Waals surface area contributed by atoms with Gasteiger partial charge in [-0.05, 0) is 80.5 Å². The quantitative estimate of drug-likeness (QED) is 0.163. The normalized spacial score (nSPS) is 25.8. The van der Waals surface area contributed by atoms with E-state index in [1.807, 2.05) is 6.08 Å². The molecule has 2 fully saturated rings. The zero-order chi connectivity index (χ0) is 34.1. The summed E-state index contributed by atoms with van der Waals surface area (Å²) >= 11 is 0. The van der Waals surface area contributed by atoms with Gasteiger partial charge in [0, 0.05) is 29.4 Å². The van der Waals surface area contributed by atoms with Crippen molar-refractivity contribution < 1.29 is 13.1 Å². The molecule has 45 heavy (non-hydrogen) atoms. The summed E-state index contributed by atoms with van der Waals surface area (Å²) in [6.07, 6.45) is 7.71. The number of hydrogen-bond acceptors (Lipinski definition) is 5. The molecule has 3 rings (SSSR count). The van der Waals surface area contributed by atoms with Crippen molar-refractivity contribution >= 4 is 26.4 Å². The second kappa shape index (κ2) is 14.4. The van der Waals surface area contributed by atoms with Gasteiger partial charge in [0.05, 0.1) is 34.2 Å². The molecule has 1 heterocycles. The molecule has 0 radical (unpaired) electrons. The minimum absolute atomic E-state index is 0.105. The molecule has 5 atom stereocenters. The van der Waals surface area contributed by atoms with E-state index in [1.165, 1.54) is 12.0 Å². The molecule has 1 aliphatic carbocycles. The third kappa shape index (κ3) is 8.83. The Kier molecular flexibility index (Phi) is 12.4. The molecule has 1 saturated heterocycles. The van der Waals surface area contributed by atoms with Gasteiger partial charge in [-0.1, -0.05) is 92.0 Å². The monoisotopic (exact) mass is 676 g/mol. The first kappa shape index (κ1) is 38.7. The van der Waals surface area contributed by atoms with Crippen LogP contribution in [-0.4, -0.2) is 68.9 Å². The predicted molar refractivity (Wildman–Crippen MR) is 200 cm³/mol. The molecular weight excluding hydrogens is 609 g/mol. The average molecular weight is 677 g/mol. The molecule has 8 heteroatoms. The summed E-state index contributed by atoms with van der Waals surface area (Å²) in [7, 11) is -6.82. The first-order valence-corrected chi connectivity index (χ1v) is 25.1. The van der Waals surface area contributed by atoms with Crippen molar-refractivity contribution in [3.8, 4) is 0 Å². The fourth-order valence-electron chi connectivity index (χ4n) is 6.62. The third-order valence-electron chi connectivity index (χ3n) is 11.8. The highest BCUT2D eigenvalue weighted by molar-refractivity contribution is 7.93. The Labute approximate surface area is 280 Å². The number of aryl methyl sites for hydroxylation is 1.